The molecule has 0 aromatic heterocycles. The molecular formula is C21H29O4P. The topological polar surface area (TPSA) is 44.8 Å². The van der Waals surface area contributed by atoms with Crippen LogP contribution in [0.3, 0.4) is 0 Å². The number of allylic oxidation sites excluding steroid dienone is 3. The molecule has 1 aliphatic carbocycles. The van der Waals surface area contributed by atoms with Gasteiger partial charge in [-0.1, -0.05) is 61.9 Å². The van der Waals surface area contributed by atoms with Crippen molar-refractivity contribution in [2.45, 2.75) is 52.7 Å². The van der Waals surface area contributed by atoms with E-state index in [1.54, 1.807) is 6.92 Å². The smallest absolute Gasteiger partial charge is 0.344 e. The predicted octanol–water partition coefficient (Wildman–Crippen LogP) is 6.06. The molecule has 0 radical (unpaired) electrons. The first-order chi connectivity index (χ1) is 12.4. The van der Waals surface area contributed by atoms with Gasteiger partial charge in [-0.25, -0.2) is 4.57 Å². The molecule has 0 saturated carbocycles. The summed E-state index contributed by atoms with van der Waals surface area (Å²) in [7, 11) is -0.535. The molecule has 5 heteroatoms. The van der Waals surface area contributed by atoms with E-state index in [-0.39, 0.29) is 5.41 Å². The molecule has 1 aliphatic rings. The van der Waals surface area contributed by atoms with Crippen molar-refractivity contribution in [3.63, 3.8) is 0 Å². The second-order valence-electron chi connectivity index (χ2n) is 7.64. The fourth-order valence-electron chi connectivity index (χ4n) is 3.46. The molecule has 0 saturated heterocycles. The van der Waals surface area contributed by atoms with Gasteiger partial charge in [0.1, 0.15) is 0 Å². The van der Waals surface area contributed by atoms with Crippen LogP contribution in [0.2, 0.25) is 0 Å². The van der Waals surface area contributed by atoms with Crippen LogP contribution in [-0.4, -0.2) is 12.4 Å². The molecule has 0 bridgehead atoms. The van der Waals surface area contributed by atoms with Crippen molar-refractivity contribution >= 4 is 8.69 Å². The lowest BCUT2D eigenvalue weighted by Gasteiger charge is -2.37. The zero-order chi connectivity index (χ0) is 19.0. The molecule has 2 rings (SSSR count). The highest BCUT2D eigenvalue weighted by atomic mass is 31.1. The van der Waals surface area contributed by atoms with Crippen LogP contribution in [-0.2, 0) is 25.3 Å². The lowest BCUT2D eigenvalue weighted by Crippen LogP contribution is -2.32. The molecule has 0 fully saturated rings. The molecule has 0 N–H and O–H groups in total. The standard InChI is InChI=1S/C21H29O4P/c1-17-9-8-14-20(2,3)19(17)12-15-21(4,24-25-26-22)23-16-13-18-10-6-5-7-11-18/h5-7,9-12,15,19H,8,13-14,16H2,1-4H3/b15-12+. The number of benzene rings is 1. The first-order valence-electron chi connectivity index (χ1n) is 9.08. The Labute approximate surface area is 158 Å². The summed E-state index contributed by atoms with van der Waals surface area (Å²) in [5, 5.41) is 0. The Hall–Kier alpha value is -1.32. The van der Waals surface area contributed by atoms with Gasteiger partial charge in [-0.2, -0.15) is 4.89 Å². The van der Waals surface area contributed by atoms with E-state index in [4.69, 9.17) is 9.62 Å². The first-order valence-corrected chi connectivity index (χ1v) is 9.81. The highest BCUT2D eigenvalue weighted by Gasteiger charge is 2.32. The van der Waals surface area contributed by atoms with Gasteiger partial charge in [-0.3, -0.25) is 0 Å². The van der Waals surface area contributed by atoms with Crippen LogP contribution in [0.15, 0.2) is 54.1 Å². The van der Waals surface area contributed by atoms with E-state index < -0.39 is 14.5 Å². The van der Waals surface area contributed by atoms with Crippen LogP contribution in [0.4, 0.5) is 0 Å². The molecule has 142 valence electrons. The minimum Gasteiger partial charge on any atom is -0.344 e. The molecule has 0 amide bonds. The Bertz CT molecular complexity index is 639. The zero-order valence-electron chi connectivity index (χ0n) is 16.1. The van der Waals surface area contributed by atoms with Gasteiger partial charge in [0.2, 0.25) is 5.79 Å². The average molecular weight is 376 g/mol. The Morgan fingerprint density at radius 3 is 2.69 bits per heavy atom. The van der Waals surface area contributed by atoms with Crippen LogP contribution in [0.1, 0.15) is 46.1 Å². The summed E-state index contributed by atoms with van der Waals surface area (Å²) in [5.41, 5.74) is 2.72. The van der Waals surface area contributed by atoms with E-state index >= 15 is 0 Å². The highest BCUT2D eigenvalue weighted by Crippen LogP contribution is 2.42. The summed E-state index contributed by atoms with van der Waals surface area (Å²) in [6.07, 6.45) is 9.30. The zero-order valence-corrected chi connectivity index (χ0v) is 17.0. The molecule has 2 atom stereocenters. The normalized spacial score (nSPS) is 22.3. The number of hydrogen-bond donors (Lipinski definition) is 0. The number of hydrogen-bond acceptors (Lipinski definition) is 4. The van der Waals surface area contributed by atoms with E-state index in [0.717, 1.165) is 19.3 Å². The fraction of sp³-hybridized carbons (Fsp3) is 0.524. The van der Waals surface area contributed by atoms with Gasteiger partial charge >= 0.3 is 8.69 Å². The van der Waals surface area contributed by atoms with Crippen molar-refractivity contribution in [1.29, 1.82) is 0 Å². The summed E-state index contributed by atoms with van der Waals surface area (Å²) in [5.74, 6) is -0.790. The lowest BCUT2D eigenvalue weighted by atomic mass is 9.68. The summed E-state index contributed by atoms with van der Waals surface area (Å²) in [6, 6.07) is 10.1. The van der Waals surface area contributed by atoms with Crippen LogP contribution in [0.5, 0.6) is 0 Å². The summed E-state index contributed by atoms with van der Waals surface area (Å²) in [4.78, 5) is 5.26. The number of rotatable bonds is 9. The number of ether oxygens (including phenoxy) is 1. The molecular weight excluding hydrogens is 347 g/mol. The third-order valence-electron chi connectivity index (χ3n) is 5.03. The van der Waals surface area contributed by atoms with Gasteiger partial charge in [-0.05, 0) is 50.2 Å². The second-order valence-corrected chi connectivity index (χ2v) is 7.94. The van der Waals surface area contributed by atoms with E-state index in [0.29, 0.717) is 12.5 Å². The molecule has 0 aliphatic heterocycles. The van der Waals surface area contributed by atoms with Crippen molar-refractivity contribution < 1.29 is 18.9 Å². The Morgan fingerprint density at radius 1 is 1.31 bits per heavy atom. The Kier molecular flexibility index (Phi) is 7.72. The minimum absolute atomic E-state index is 0.178. The Morgan fingerprint density at radius 2 is 2.04 bits per heavy atom. The maximum atomic E-state index is 10.7. The van der Waals surface area contributed by atoms with Crippen molar-refractivity contribution in [3.8, 4) is 0 Å². The van der Waals surface area contributed by atoms with Gasteiger partial charge in [0.25, 0.3) is 0 Å². The van der Waals surface area contributed by atoms with Gasteiger partial charge < -0.3 is 4.74 Å². The van der Waals surface area contributed by atoms with E-state index in [1.807, 2.05) is 24.3 Å². The van der Waals surface area contributed by atoms with Crippen molar-refractivity contribution in [2.24, 2.45) is 11.3 Å². The van der Waals surface area contributed by atoms with Crippen LogP contribution in [0, 0.1) is 11.3 Å². The second kappa shape index (κ2) is 9.57. The summed E-state index contributed by atoms with van der Waals surface area (Å²) < 4.78 is 21.2. The van der Waals surface area contributed by atoms with Crippen molar-refractivity contribution in [1.82, 2.24) is 0 Å². The third-order valence-corrected chi connectivity index (χ3v) is 5.17. The van der Waals surface area contributed by atoms with Crippen LogP contribution < -0.4 is 0 Å². The van der Waals surface area contributed by atoms with Gasteiger partial charge in [-0.15, -0.1) is 4.67 Å². The quantitative estimate of drug-likeness (QED) is 0.173. The van der Waals surface area contributed by atoms with Gasteiger partial charge in [0.05, 0.1) is 6.61 Å². The third kappa shape index (κ3) is 6.14. The minimum atomic E-state index is -1.10. The van der Waals surface area contributed by atoms with Gasteiger partial charge in [0, 0.05) is 5.92 Å². The summed E-state index contributed by atoms with van der Waals surface area (Å²) >= 11 is 0. The van der Waals surface area contributed by atoms with Gasteiger partial charge in [0.15, 0.2) is 0 Å². The van der Waals surface area contributed by atoms with Crippen molar-refractivity contribution in [3.05, 3.63) is 59.7 Å². The highest BCUT2D eigenvalue weighted by molar-refractivity contribution is 7.17. The molecule has 4 nitrogen and oxygen atoms in total. The maximum absolute atomic E-state index is 10.7. The van der Waals surface area contributed by atoms with Crippen LogP contribution in [0.25, 0.3) is 0 Å². The lowest BCUT2D eigenvalue weighted by molar-refractivity contribution is -0.348. The van der Waals surface area contributed by atoms with Crippen molar-refractivity contribution in [2.75, 3.05) is 6.61 Å². The van der Waals surface area contributed by atoms with E-state index in [1.165, 1.54) is 11.1 Å². The average Bonchev–Trinajstić information content (AvgIpc) is 2.60. The monoisotopic (exact) mass is 376 g/mol. The maximum Gasteiger partial charge on any atom is 0.358 e. The largest absolute Gasteiger partial charge is 0.358 e. The Balaban J connectivity index is 2.05. The predicted molar refractivity (Wildman–Crippen MR) is 104 cm³/mol. The molecule has 0 heterocycles. The van der Waals surface area contributed by atoms with E-state index in [2.05, 4.69) is 49.7 Å². The first kappa shape index (κ1) is 21.0. The SMILES string of the molecule is CC1=CCCC(C)(C)C1/C=C/C(C)(OCCc1ccccc1)OOP=O. The van der Waals surface area contributed by atoms with E-state index in [9.17, 15) is 4.57 Å². The molecule has 2 unspecified atom stereocenters. The molecule has 26 heavy (non-hydrogen) atoms. The fourth-order valence-corrected chi connectivity index (χ4v) is 3.64. The molecule has 0 spiro atoms. The molecule has 1 aromatic carbocycles. The van der Waals surface area contributed by atoms with Crippen LogP contribution >= 0.6 is 8.69 Å². The molecule has 1 aromatic rings. The summed E-state index contributed by atoms with van der Waals surface area (Å²) in [6.45, 7) is 8.96.